The first-order chi connectivity index (χ1) is 14.1. The topological polar surface area (TPSA) is 84.1 Å². The predicted molar refractivity (Wildman–Crippen MR) is 111 cm³/mol. The monoisotopic (exact) mass is 390 g/mol. The van der Waals surface area contributed by atoms with Crippen molar-refractivity contribution in [3.8, 4) is 11.5 Å². The third-order valence-electron chi connectivity index (χ3n) is 5.99. The SMILES string of the molecule is COc1ccc(C2CC(c3c(C)cc4oc(=O)c5c(c4c3O)CCC5)=NN2)cc1. The lowest BCUT2D eigenvalue weighted by Crippen LogP contribution is -2.10. The lowest BCUT2D eigenvalue weighted by Gasteiger charge is -2.14. The summed E-state index contributed by atoms with van der Waals surface area (Å²) in [6, 6.07) is 9.77. The minimum Gasteiger partial charge on any atom is -0.506 e. The maximum Gasteiger partial charge on any atom is 0.339 e. The zero-order chi connectivity index (χ0) is 20.1. The fourth-order valence-electron chi connectivity index (χ4n) is 4.54. The molecule has 1 atom stereocenters. The van der Waals surface area contributed by atoms with Gasteiger partial charge in [-0.05, 0) is 61.1 Å². The van der Waals surface area contributed by atoms with Gasteiger partial charge in [0.2, 0.25) is 0 Å². The normalized spacial score (nSPS) is 17.9. The van der Waals surface area contributed by atoms with Crippen LogP contribution in [-0.2, 0) is 12.8 Å². The molecule has 1 aliphatic heterocycles. The molecule has 0 amide bonds. The van der Waals surface area contributed by atoms with Crippen LogP contribution in [0.3, 0.4) is 0 Å². The van der Waals surface area contributed by atoms with Crippen LogP contribution in [0.1, 0.15) is 46.7 Å². The van der Waals surface area contributed by atoms with Gasteiger partial charge in [0.25, 0.3) is 0 Å². The van der Waals surface area contributed by atoms with Crippen molar-refractivity contribution in [1.82, 2.24) is 5.43 Å². The average molecular weight is 390 g/mol. The molecule has 6 nitrogen and oxygen atoms in total. The van der Waals surface area contributed by atoms with Crippen LogP contribution in [0.4, 0.5) is 0 Å². The van der Waals surface area contributed by atoms with Crippen molar-refractivity contribution in [3.63, 3.8) is 0 Å². The average Bonchev–Trinajstić information content (AvgIpc) is 3.38. The highest BCUT2D eigenvalue weighted by molar-refractivity contribution is 6.09. The summed E-state index contributed by atoms with van der Waals surface area (Å²) >= 11 is 0. The Balaban J connectivity index is 1.55. The standard InChI is InChI=1S/C23H22N2O4/c1-12-10-19-21(15-4-3-5-16(15)23(27)29-19)22(26)20(12)18-11-17(24-25-18)13-6-8-14(28-2)9-7-13/h6-10,17,24,26H,3-5,11H2,1-2H3. The number of methoxy groups -OCH3 is 1. The number of rotatable bonds is 3. The first-order valence-corrected chi connectivity index (χ1v) is 9.84. The lowest BCUT2D eigenvalue weighted by atomic mass is 9.93. The maximum absolute atomic E-state index is 12.2. The van der Waals surface area contributed by atoms with Crippen LogP contribution in [0.15, 0.2) is 44.6 Å². The third-order valence-corrected chi connectivity index (χ3v) is 5.99. The number of nitrogens with one attached hydrogen (secondary N) is 1. The Morgan fingerprint density at radius 3 is 2.72 bits per heavy atom. The van der Waals surface area contributed by atoms with Crippen molar-refractivity contribution in [2.75, 3.05) is 7.11 Å². The summed E-state index contributed by atoms with van der Waals surface area (Å²) in [5.41, 5.74) is 8.46. The Morgan fingerprint density at radius 1 is 1.21 bits per heavy atom. The van der Waals surface area contributed by atoms with Crippen LogP contribution in [-0.4, -0.2) is 17.9 Å². The second-order valence-corrected chi connectivity index (χ2v) is 7.71. The van der Waals surface area contributed by atoms with Crippen LogP contribution in [0, 0.1) is 6.92 Å². The molecule has 5 rings (SSSR count). The molecule has 29 heavy (non-hydrogen) atoms. The fourth-order valence-corrected chi connectivity index (χ4v) is 4.54. The van der Waals surface area contributed by atoms with Gasteiger partial charge in [-0.15, -0.1) is 0 Å². The van der Waals surface area contributed by atoms with Gasteiger partial charge in [-0.25, -0.2) is 4.79 Å². The molecular weight excluding hydrogens is 368 g/mol. The number of hydrogen-bond acceptors (Lipinski definition) is 6. The number of phenolic OH excluding ortho intramolecular Hbond substituents is 1. The minimum atomic E-state index is -0.281. The summed E-state index contributed by atoms with van der Waals surface area (Å²) in [6.45, 7) is 1.91. The van der Waals surface area contributed by atoms with Crippen molar-refractivity contribution in [3.05, 3.63) is 68.6 Å². The first kappa shape index (κ1) is 17.8. The second kappa shape index (κ2) is 6.65. The molecule has 2 aromatic carbocycles. The summed E-state index contributed by atoms with van der Waals surface area (Å²) in [5.74, 6) is 0.976. The number of ether oxygens (including phenoxy) is 1. The van der Waals surface area contributed by atoms with Gasteiger partial charge < -0.3 is 19.7 Å². The first-order valence-electron chi connectivity index (χ1n) is 9.84. The van der Waals surface area contributed by atoms with Gasteiger partial charge in [0, 0.05) is 17.5 Å². The van der Waals surface area contributed by atoms with Gasteiger partial charge in [-0.3, -0.25) is 0 Å². The summed E-state index contributed by atoms with van der Waals surface area (Å²) in [5, 5.41) is 16.4. The van der Waals surface area contributed by atoms with Crippen molar-refractivity contribution in [2.24, 2.45) is 5.10 Å². The third kappa shape index (κ3) is 2.78. The Kier molecular flexibility index (Phi) is 4.08. The Hall–Kier alpha value is -3.28. The Morgan fingerprint density at radius 2 is 1.97 bits per heavy atom. The summed E-state index contributed by atoms with van der Waals surface area (Å²) in [7, 11) is 1.65. The molecule has 6 heteroatoms. The van der Waals surface area contributed by atoms with Gasteiger partial charge in [0.05, 0.1) is 24.2 Å². The molecule has 0 bridgehead atoms. The van der Waals surface area contributed by atoms with E-state index in [-0.39, 0.29) is 17.4 Å². The van der Waals surface area contributed by atoms with Gasteiger partial charge in [-0.1, -0.05) is 12.1 Å². The number of aryl methyl sites for hydroxylation is 2. The molecule has 0 saturated heterocycles. The van der Waals surface area contributed by atoms with Crippen molar-refractivity contribution in [2.45, 2.75) is 38.6 Å². The van der Waals surface area contributed by atoms with Crippen LogP contribution < -0.4 is 15.8 Å². The van der Waals surface area contributed by atoms with Crippen LogP contribution >= 0.6 is 0 Å². The highest BCUT2D eigenvalue weighted by Crippen LogP contribution is 2.39. The highest BCUT2D eigenvalue weighted by Gasteiger charge is 2.28. The second-order valence-electron chi connectivity index (χ2n) is 7.71. The van der Waals surface area contributed by atoms with E-state index < -0.39 is 0 Å². The van der Waals surface area contributed by atoms with E-state index in [0.717, 1.165) is 46.6 Å². The van der Waals surface area contributed by atoms with Gasteiger partial charge in [-0.2, -0.15) is 5.10 Å². The molecule has 1 unspecified atom stereocenters. The van der Waals surface area contributed by atoms with E-state index in [0.29, 0.717) is 29.4 Å². The fraction of sp³-hybridized carbons (Fsp3) is 0.304. The number of hydrogen-bond donors (Lipinski definition) is 2. The van der Waals surface area contributed by atoms with E-state index >= 15 is 0 Å². The van der Waals surface area contributed by atoms with Crippen LogP contribution in [0.5, 0.6) is 11.5 Å². The molecule has 0 fully saturated rings. The molecular formula is C23H22N2O4. The van der Waals surface area contributed by atoms with E-state index in [1.165, 1.54) is 0 Å². The summed E-state index contributed by atoms with van der Waals surface area (Å²) in [4.78, 5) is 12.2. The summed E-state index contributed by atoms with van der Waals surface area (Å²) in [6.07, 6.45) is 3.06. The predicted octanol–water partition coefficient (Wildman–Crippen LogP) is 3.74. The smallest absolute Gasteiger partial charge is 0.339 e. The molecule has 148 valence electrons. The minimum absolute atomic E-state index is 0.0322. The number of hydrazone groups is 1. The van der Waals surface area contributed by atoms with Crippen LogP contribution in [0.25, 0.3) is 11.0 Å². The molecule has 0 radical (unpaired) electrons. The molecule has 2 N–H and O–H groups in total. The highest BCUT2D eigenvalue weighted by atomic mass is 16.5. The number of phenols is 1. The van der Waals surface area contributed by atoms with E-state index in [9.17, 15) is 9.90 Å². The molecule has 1 aliphatic carbocycles. The van der Waals surface area contributed by atoms with Crippen molar-refractivity contribution < 1.29 is 14.3 Å². The summed E-state index contributed by atoms with van der Waals surface area (Å²) < 4.78 is 10.7. The molecule has 2 aliphatic rings. The number of nitrogens with zero attached hydrogens (tertiary/aromatic N) is 1. The van der Waals surface area contributed by atoms with Crippen LogP contribution in [0.2, 0.25) is 0 Å². The number of aromatic hydroxyl groups is 1. The number of benzene rings is 2. The maximum atomic E-state index is 12.2. The molecule has 3 aromatic rings. The van der Waals surface area contributed by atoms with E-state index in [2.05, 4.69) is 10.5 Å². The zero-order valence-corrected chi connectivity index (χ0v) is 16.4. The molecule has 1 aromatic heterocycles. The molecule has 0 saturated carbocycles. The molecule has 2 heterocycles. The van der Waals surface area contributed by atoms with E-state index in [4.69, 9.17) is 9.15 Å². The lowest BCUT2D eigenvalue weighted by molar-refractivity contribution is 0.414. The zero-order valence-electron chi connectivity index (χ0n) is 16.4. The Bertz CT molecular complexity index is 1210. The van der Waals surface area contributed by atoms with Gasteiger partial charge in [0.1, 0.15) is 17.1 Å². The van der Waals surface area contributed by atoms with Gasteiger partial charge >= 0.3 is 5.63 Å². The van der Waals surface area contributed by atoms with Gasteiger partial charge in [0.15, 0.2) is 0 Å². The molecule has 0 spiro atoms. The Labute approximate surface area is 167 Å². The van der Waals surface area contributed by atoms with E-state index in [1.807, 2.05) is 37.3 Å². The quantitative estimate of drug-likeness (QED) is 0.666. The number of fused-ring (bicyclic) bond motifs is 3. The van der Waals surface area contributed by atoms with E-state index in [1.54, 1.807) is 7.11 Å². The van der Waals surface area contributed by atoms with Crippen molar-refractivity contribution in [1.29, 1.82) is 0 Å². The van der Waals surface area contributed by atoms with Crippen molar-refractivity contribution >= 4 is 16.7 Å². The largest absolute Gasteiger partial charge is 0.506 e.